The molecule has 0 saturated carbocycles. The average molecular weight is 259 g/mol. The van der Waals surface area contributed by atoms with Crippen molar-refractivity contribution < 1.29 is 0 Å². The van der Waals surface area contributed by atoms with Gasteiger partial charge in [-0.2, -0.15) is 0 Å². The first-order chi connectivity index (χ1) is 7.41. The molecule has 0 aliphatic heterocycles. The molecule has 1 aromatic carbocycles. The molecule has 2 nitrogen and oxygen atoms in total. The molecule has 0 spiro atoms. The maximum absolute atomic E-state index is 5.94. The van der Waals surface area contributed by atoms with E-state index in [0.29, 0.717) is 10.0 Å². The first-order valence-electron chi connectivity index (χ1n) is 5.01. The van der Waals surface area contributed by atoms with E-state index in [1.54, 1.807) is 6.07 Å². The van der Waals surface area contributed by atoms with Gasteiger partial charge in [-0.1, -0.05) is 35.8 Å². The van der Waals surface area contributed by atoms with Crippen molar-refractivity contribution in [3.05, 3.63) is 46.1 Å². The van der Waals surface area contributed by atoms with E-state index >= 15 is 0 Å². The van der Waals surface area contributed by atoms with Crippen LogP contribution < -0.4 is 5.73 Å². The van der Waals surface area contributed by atoms with Crippen LogP contribution in [0, 0.1) is 0 Å². The van der Waals surface area contributed by atoms with Crippen LogP contribution in [0.15, 0.2) is 30.5 Å². The molecule has 0 bridgehead atoms. The second-order valence-corrected chi connectivity index (χ2v) is 4.70. The first-order valence-corrected chi connectivity index (χ1v) is 5.77. The Morgan fingerprint density at radius 3 is 2.56 bits per heavy atom. The van der Waals surface area contributed by atoms with Crippen LogP contribution in [0.2, 0.25) is 10.0 Å². The number of likely N-dealkylation sites (N-methyl/N-ethyl adjacent to an activating group) is 1. The molecule has 16 heavy (non-hydrogen) atoms. The van der Waals surface area contributed by atoms with Gasteiger partial charge < -0.3 is 10.6 Å². The number of nitrogens with zero attached hydrogens (tertiary/aromatic N) is 1. The molecule has 2 N–H and O–H groups in total. The van der Waals surface area contributed by atoms with E-state index in [0.717, 1.165) is 17.8 Å². The Morgan fingerprint density at radius 2 is 2.06 bits per heavy atom. The number of benzene rings is 1. The van der Waals surface area contributed by atoms with Gasteiger partial charge in [0.15, 0.2) is 0 Å². The quantitative estimate of drug-likeness (QED) is 0.899. The largest absolute Gasteiger partial charge is 0.373 e. The zero-order valence-corrected chi connectivity index (χ0v) is 11.0. The predicted molar refractivity (Wildman–Crippen MR) is 70.7 cm³/mol. The molecular weight excluding hydrogens is 243 g/mol. The summed E-state index contributed by atoms with van der Waals surface area (Å²) in [6.07, 6.45) is 0. The third-order valence-electron chi connectivity index (χ3n) is 2.42. The maximum Gasteiger partial charge on any atom is 0.0595 e. The average Bonchev–Trinajstić information content (AvgIpc) is 2.22. The topological polar surface area (TPSA) is 29.3 Å². The van der Waals surface area contributed by atoms with Crippen LogP contribution in [0.3, 0.4) is 0 Å². The van der Waals surface area contributed by atoms with Gasteiger partial charge in [-0.15, -0.1) is 0 Å². The van der Waals surface area contributed by atoms with Gasteiger partial charge in [-0.05, 0) is 24.6 Å². The number of rotatable bonds is 4. The Labute approximate surface area is 107 Å². The van der Waals surface area contributed by atoms with Crippen molar-refractivity contribution in [1.82, 2.24) is 4.90 Å². The molecule has 1 atom stereocenters. The molecule has 1 rings (SSSR count). The Hall–Kier alpha value is -0.700. The molecule has 0 heterocycles. The van der Waals surface area contributed by atoms with Crippen LogP contribution in [0.5, 0.6) is 0 Å². The number of halogens is 2. The van der Waals surface area contributed by atoms with E-state index in [-0.39, 0.29) is 6.04 Å². The first kappa shape index (κ1) is 13.4. The molecule has 0 aliphatic carbocycles. The van der Waals surface area contributed by atoms with Gasteiger partial charge in [0.25, 0.3) is 0 Å². The van der Waals surface area contributed by atoms with E-state index in [2.05, 4.69) is 6.58 Å². The van der Waals surface area contributed by atoms with Crippen molar-refractivity contribution in [2.24, 2.45) is 5.73 Å². The smallest absolute Gasteiger partial charge is 0.0595 e. The predicted octanol–water partition coefficient (Wildman–Crippen LogP) is 3.29. The number of hydrogen-bond donors (Lipinski definition) is 1. The van der Waals surface area contributed by atoms with Crippen molar-refractivity contribution in [2.45, 2.75) is 19.5 Å². The minimum Gasteiger partial charge on any atom is -0.373 e. The van der Waals surface area contributed by atoms with Crippen molar-refractivity contribution in [3.63, 3.8) is 0 Å². The lowest BCUT2D eigenvalue weighted by Gasteiger charge is -2.24. The van der Waals surface area contributed by atoms with Crippen LogP contribution in [-0.2, 0) is 6.54 Å². The fourth-order valence-electron chi connectivity index (χ4n) is 1.36. The summed E-state index contributed by atoms with van der Waals surface area (Å²) >= 11 is 11.8. The summed E-state index contributed by atoms with van der Waals surface area (Å²) in [5.74, 6) is 0. The second-order valence-electron chi connectivity index (χ2n) is 3.88. The highest BCUT2D eigenvalue weighted by molar-refractivity contribution is 6.42. The van der Waals surface area contributed by atoms with Gasteiger partial charge in [0.05, 0.1) is 10.0 Å². The Balaban J connectivity index is 2.73. The van der Waals surface area contributed by atoms with E-state index in [4.69, 9.17) is 28.9 Å². The summed E-state index contributed by atoms with van der Waals surface area (Å²) in [4.78, 5) is 2.00. The van der Waals surface area contributed by atoms with Gasteiger partial charge in [0.2, 0.25) is 0 Å². The van der Waals surface area contributed by atoms with Crippen LogP contribution in [0.25, 0.3) is 0 Å². The summed E-state index contributed by atoms with van der Waals surface area (Å²) in [6, 6.07) is 5.54. The zero-order chi connectivity index (χ0) is 12.3. The second kappa shape index (κ2) is 5.58. The molecule has 1 aromatic rings. The lowest BCUT2D eigenvalue weighted by Crippen LogP contribution is -2.29. The van der Waals surface area contributed by atoms with E-state index in [1.807, 2.05) is 31.0 Å². The normalized spacial score (nSPS) is 12.3. The fraction of sp³-hybridized carbons (Fsp3) is 0.333. The highest BCUT2D eigenvalue weighted by Crippen LogP contribution is 2.23. The summed E-state index contributed by atoms with van der Waals surface area (Å²) in [5.41, 5.74) is 7.73. The molecule has 0 aliphatic rings. The molecule has 0 saturated heterocycles. The minimum absolute atomic E-state index is 0.0484. The summed E-state index contributed by atoms with van der Waals surface area (Å²) in [6.45, 7) is 6.56. The van der Waals surface area contributed by atoms with Crippen LogP contribution >= 0.6 is 23.2 Å². The SMILES string of the molecule is C=C(C(C)N)N(C)Cc1ccc(Cl)c(Cl)c1. The highest BCUT2D eigenvalue weighted by atomic mass is 35.5. The van der Waals surface area contributed by atoms with Gasteiger partial charge >= 0.3 is 0 Å². The van der Waals surface area contributed by atoms with Crippen LogP contribution in [0.1, 0.15) is 12.5 Å². The number of nitrogens with two attached hydrogens (primary N) is 1. The molecule has 1 unspecified atom stereocenters. The van der Waals surface area contributed by atoms with Gasteiger partial charge in [-0.25, -0.2) is 0 Å². The maximum atomic E-state index is 5.94. The monoisotopic (exact) mass is 258 g/mol. The summed E-state index contributed by atoms with van der Waals surface area (Å²) < 4.78 is 0. The fourth-order valence-corrected chi connectivity index (χ4v) is 1.68. The van der Waals surface area contributed by atoms with Gasteiger partial charge in [-0.3, -0.25) is 0 Å². The Bertz CT molecular complexity index is 389. The molecular formula is C12H16Cl2N2. The van der Waals surface area contributed by atoms with E-state index < -0.39 is 0 Å². The molecule has 4 heteroatoms. The van der Waals surface area contributed by atoms with E-state index in [9.17, 15) is 0 Å². The third-order valence-corrected chi connectivity index (χ3v) is 3.16. The lowest BCUT2D eigenvalue weighted by molar-refractivity contribution is 0.387. The standard InChI is InChI=1S/C12H16Cl2N2/c1-8(15)9(2)16(3)7-10-4-5-11(13)12(14)6-10/h4-6,8H,2,7,15H2,1,3H3. The van der Waals surface area contributed by atoms with Gasteiger partial charge in [0, 0.05) is 25.3 Å². The minimum atomic E-state index is -0.0484. The number of hydrogen-bond acceptors (Lipinski definition) is 2. The Kier molecular flexibility index (Phi) is 4.66. The van der Waals surface area contributed by atoms with Crippen molar-refractivity contribution >= 4 is 23.2 Å². The Morgan fingerprint density at radius 1 is 1.44 bits per heavy atom. The highest BCUT2D eigenvalue weighted by Gasteiger charge is 2.08. The van der Waals surface area contributed by atoms with Crippen LogP contribution in [-0.4, -0.2) is 18.0 Å². The third kappa shape index (κ3) is 3.41. The molecule has 88 valence electrons. The molecule has 0 amide bonds. The lowest BCUT2D eigenvalue weighted by atomic mass is 10.2. The summed E-state index contributed by atoms with van der Waals surface area (Å²) in [7, 11) is 1.95. The molecule has 0 aromatic heterocycles. The van der Waals surface area contributed by atoms with E-state index in [1.165, 1.54) is 0 Å². The zero-order valence-electron chi connectivity index (χ0n) is 9.50. The van der Waals surface area contributed by atoms with Crippen molar-refractivity contribution in [1.29, 1.82) is 0 Å². The summed E-state index contributed by atoms with van der Waals surface area (Å²) in [5, 5.41) is 1.14. The van der Waals surface area contributed by atoms with Gasteiger partial charge in [0.1, 0.15) is 0 Å². The molecule has 0 fully saturated rings. The van der Waals surface area contributed by atoms with Crippen molar-refractivity contribution in [3.8, 4) is 0 Å². The molecule has 0 radical (unpaired) electrons. The van der Waals surface area contributed by atoms with Crippen LogP contribution in [0.4, 0.5) is 0 Å². The van der Waals surface area contributed by atoms with Crippen molar-refractivity contribution in [2.75, 3.05) is 7.05 Å².